The smallest absolute Gasteiger partial charge is 0.280 e. The second-order valence-electron chi connectivity index (χ2n) is 10.5. The van der Waals surface area contributed by atoms with E-state index in [1.165, 1.54) is 10.9 Å². The van der Waals surface area contributed by atoms with Gasteiger partial charge in [0.15, 0.2) is 17.4 Å². The Labute approximate surface area is 257 Å². The molecule has 5 N–H and O–H groups in total. The molecule has 4 atom stereocenters. The van der Waals surface area contributed by atoms with Gasteiger partial charge in [0, 0.05) is 4.91 Å². The number of aromatic amines is 1. The first kappa shape index (κ1) is 29.7. The van der Waals surface area contributed by atoms with Gasteiger partial charge in [0.25, 0.3) is 5.56 Å². The molecule has 0 saturated carbocycles. The zero-order chi connectivity index (χ0) is 31.6. The van der Waals surface area contributed by atoms with Crippen LogP contribution in [0.1, 0.15) is 22.9 Å². The fraction of sp³-hybridized carbons (Fsp3) is 0.258. The highest BCUT2D eigenvalue weighted by Gasteiger charge is 2.43. The molecular weight excluding hydrogens is 578 g/mol. The normalized spacial score (nSPS) is 19.6. The summed E-state index contributed by atoms with van der Waals surface area (Å²) in [6.45, 7) is -0.0675. The SMILES string of the molecule is COc1ccc(C(Nc2nc3c(ncn3[C@@H]3O[C@H](CN=[N+]=[N-])[C@@H](N)[C@H]3O)c(=O)[nH]2)(c2ccccc2)c2ccc(OC)cc2)cc1. The molecule has 2 aromatic heterocycles. The van der Waals surface area contributed by atoms with E-state index < -0.39 is 35.6 Å². The molecule has 45 heavy (non-hydrogen) atoms. The van der Waals surface area contributed by atoms with Crippen molar-refractivity contribution in [3.05, 3.63) is 123 Å². The number of methoxy groups -OCH3 is 2. The van der Waals surface area contributed by atoms with Gasteiger partial charge in [-0.1, -0.05) is 59.7 Å². The van der Waals surface area contributed by atoms with Crippen LogP contribution >= 0.6 is 0 Å². The van der Waals surface area contributed by atoms with Crippen molar-refractivity contribution in [3.8, 4) is 11.5 Å². The molecule has 0 amide bonds. The molecule has 1 saturated heterocycles. The summed E-state index contributed by atoms with van der Waals surface area (Å²) in [6, 6.07) is 24.1. The van der Waals surface area contributed by atoms with Crippen molar-refractivity contribution in [2.24, 2.45) is 10.8 Å². The maximum atomic E-state index is 13.4. The van der Waals surface area contributed by atoms with Gasteiger partial charge in [-0.3, -0.25) is 14.3 Å². The second-order valence-corrected chi connectivity index (χ2v) is 10.5. The predicted molar refractivity (Wildman–Crippen MR) is 166 cm³/mol. The van der Waals surface area contributed by atoms with Crippen LogP contribution in [0.25, 0.3) is 21.6 Å². The Kier molecular flexibility index (Phi) is 8.11. The monoisotopic (exact) mass is 609 g/mol. The van der Waals surface area contributed by atoms with Crippen molar-refractivity contribution in [1.82, 2.24) is 19.5 Å². The maximum absolute atomic E-state index is 13.4. The molecule has 0 unspecified atom stereocenters. The van der Waals surface area contributed by atoms with E-state index in [-0.39, 0.29) is 23.7 Å². The van der Waals surface area contributed by atoms with Crippen molar-refractivity contribution < 1.29 is 19.3 Å². The molecule has 1 aliphatic rings. The number of nitrogens with one attached hydrogen (secondary N) is 2. The van der Waals surface area contributed by atoms with Gasteiger partial charge in [-0.2, -0.15) is 4.98 Å². The van der Waals surface area contributed by atoms with E-state index in [2.05, 4.69) is 25.3 Å². The van der Waals surface area contributed by atoms with Crippen LogP contribution in [0.4, 0.5) is 5.95 Å². The van der Waals surface area contributed by atoms with Gasteiger partial charge < -0.3 is 30.4 Å². The fourth-order valence-electron chi connectivity index (χ4n) is 5.71. The Bertz CT molecular complexity index is 1840. The van der Waals surface area contributed by atoms with Crippen LogP contribution in [0.15, 0.2) is 95.1 Å². The lowest BCUT2D eigenvalue weighted by molar-refractivity contribution is -0.0321. The molecule has 0 radical (unpaired) electrons. The zero-order valence-corrected chi connectivity index (χ0v) is 24.4. The number of aliphatic hydroxyl groups excluding tert-OH is 1. The van der Waals surface area contributed by atoms with E-state index in [4.69, 9.17) is 30.5 Å². The van der Waals surface area contributed by atoms with Crippen molar-refractivity contribution in [2.75, 3.05) is 26.1 Å². The van der Waals surface area contributed by atoms with Crippen LogP contribution in [-0.2, 0) is 10.3 Å². The highest BCUT2D eigenvalue weighted by molar-refractivity contribution is 5.71. The first-order valence-electron chi connectivity index (χ1n) is 14.1. The van der Waals surface area contributed by atoms with Gasteiger partial charge in [-0.25, -0.2) is 4.98 Å². The summed E-state index contributed by atoms with van der Waals surface area (Å²) >= 11 is 0. The Morgan fingerprint density at radius 1 is 1.04 bits per heavy atom. The van der Waals surface area contributed by atoms with Gasteiger partial charge >= 0.3 is 0 Å². The lowest BCUT2D eigenvalue weighted by atomic mass is 9.77. The number of azide groups is 1. The van der Waals surface area contributed by atoms with Gasteiger partial charge in [-0.05, 0) is 46.5 Å². The van der Waals surface area contributed by atoms with Crippen molar-refractivity contribution in [3.63, 3.8) is 0 Å². The lowest BCUT2D eigenvalue weighted by Crippen LogP contribution is -2.41. The number of ether oxygens (including phenoxy) is 3. The Morgan fingerprint density at radius 2 is 1.64 bits per heavy atom. The summed E-state index contributed by atoms with van der Waals surface area (Å²) in [5.41, 5.74) is 16.1. The van der Waals surface area contributed by atoms with E-state index in [1.54, 1.807) is 14.2 Å². The number of H-pyrrole nitrogens is 1. The van der Waals surface area contributed by atoms with E-state index in [0.717, 1.165) is 16.7 Å². The van der Waals surface area contributed by atoms with Gasteiger partial charge in [0.1, 0.15) is 23.1 Å². The van der Waals surface area contributed by atoms with E-state index in [9.17, 15) is 9.90 Å². The second kappa shape index (κ2) is 12.3. The number of benzene rings is 3. The molecule has 1 fully saturated rings. The van der Waals surface area contributed by atoms with Crippen LogP contribution in [0.2, 0.25) is 0 Å². The lowest BCUT2D eigenvalue weighted by Gasteiger charge is -2.37. The number of hydrogen-bond acceptors (Lipinski definition) is 10. The predicted octanol–water partition coefficient (Wildman–Crippen LogP) is 3.44. The van der Waals surface area contributed by atoms with Crippen LogP contribution in [0, 0.1) is 0 Å². The quantitative estimate of drug-likeness (QED) is 0.0793. The molecule has 6 rings (SSSR count). The number of aliphatic hydroxyl groups is 1. The minimum absolute atomic E-state index is 0.0441. The average molecular weight is 610 g/mol. The molecule has 14 nitrogen and oxygen atoms in total. The molecule has 230 valence electrons. The van der Waals surface area contributed by atoms with E-state index >= 15 is 0 Å². The molecule has 5 aromatic rings. The van der Waals surface area contributed by atoms with Crippen LogP contribution in [0.3, 0.4) is 0 Å². The van der Waals surface area contributed by atoms with E-state index in [1.807, 2.05) is 78.9 Å². The molecule has 0 bridgehead atoms. The van der Waals surface area contributed by atoms with Gasteiger partial charge in [0.2, 0.25) is 5.95 Å². The molecule has 3 heterocycles. The average Bonchev–Trinajstić information content (AvgIpc) is 3.63. The Morgan fingerprint density at radius 3 is 2.22 bits per heavy atom. The zero-order valence-electron chi connectivity index (χ0n) is 24.4. The maximum Gasteiger partial charge on any atom is 0.280 e. The summed E-state index contributed by atoms with van der Waals surface area (Å²) in [6.07, 6.45) is -1.58. The molecule has 1 aliphatic heterocycles. The number of nitrogens with two attached hydrogens (primary N) is 1. The largest absolute Gasteiger partial charge is 0.497 e. The van der Waals surface area contributed by atoms with Gasteiger partial charge in [0.05, 0.1) is 39.2 Å². The summed E-state index contributed by atoms with van der Waals surface area (Å²) in [7, 11) is 3.20. The highest BCUT2D eigenvalue weighted by atomic mass is 16.5. The summed E-state index contributed by atoms with van der Waals surface area (Å²) in [5, 5.41) is 18.0. The Balaban J connectivity index is 1.52. The first-order chi connectivity index (χ1) is 21.9. The number of fused-ring (bicyclic) bond motifs is 1. The standard InChI is InChI=1S/C31H31N9O5/c1-43-21-12-8-19(9-13-21)31(18-6-4-3-5-7-18,20-10-14-22(44-2)15-11-20)38-30-36-27-25(28(42)37-30)34-17-40(27)29-26(41)24(32)23(45-29)16-35-39-33/h3-15,17,23-24,26,29,41H,16,32H2,1-2H3,(H2,36,37,38,42)/t23-,24-,26-,29-/m1/s1. The number of imidazole rings is 1. The third kappa shape index (κ3) is 5.32. The Hall–Kier alpha value is -5.40. The van der Waals surface area contributed by atoms with Crippen molar-refractivity contribution in [1.29, 1.82) is 0 Å². The third-order valence-electron chi connectivity index (χ3n) is 8.02. The molecule has 3 aromatic carbocycles. The molecule has 0 spiro atoms. The molecular formula is C31H31N9O5. The number of hydrogen-bond donors (Lipinski definition) is 4. The van der Waals surface area contributed by atoms with Crippen molar-refractivity contribution >= 4 is 17.1 Å². The van der Waals surface area contributed by atoms with Crippen LogP contribution in [0.5, 0.6) is 11.5 Å². The third-order valence-corrected chi connectivity index (χ3v) is 8.02. The first-order valence-corrected chi connectivity index (χ1v) is 14.1. The van der Waals surface area contributed by atoms with Gasteiger partial charge in [-0.15, -0.1) is 0 Å². The molecule has 14 heteroatoms. The number of aromatic nitrogens is 4. The summed E-state index contributed by atoms with van der Waals surface area (Å²) in [5.74, 6) is 1.49. The minimum Gasteiger partial charge on any atom is -0.497 e. The van der Waals surface area contributed by atoms with Crippen LogP contribution in [-0.4, -0.2) is 63.6 Å². The summed E-state index contributed by atoms with van der Waals surface area (Å²) < 4.78 is 18.3. The number of anilines is 1. The molecule has 0 aliphatic carbocycles. The summed E-state index contributed by atoms with van der Waals surface area (Å²) in [4.78, 5) is 28.0. The minimum atomic E-state index is -1.18. The highest BCUT2D eigenvalue weighted by Crippen LogP contribution is 2.41. The van der Waals surface area contributed by atoms with Crippen molar-refractivity contribution in [2.45, 2.75) is 30.0 Å². The van der Waals surface area contributed by atoms with E-state index in [0.29, 0.717) is 11.5 Å². The number of nitrogens with zero attached hydrogens (tertiary/aromatic N) is 6. The topological polar surface area (TPSA) is 198 Å². The fourth-order valence-corrected chi connectivity index (χ4v) is 5.71. The van der Waals surface area contributed by atoms with Crippen LogP contribution < -0.4 is 26.1 Å². The number of rotatable bonds is 10.